The molecule has 0 saturated carbocycles. The van der Waals surface area contributed by atoms with Crippen LogP contribution in [0.25, 0.3) is 0 Å². The summed E-state index contributed by atoms with van der Waals surface area (Å²) in [5.74, 6) is 0. The molecule has 0 amide bonds. The largest absolute Gasteiger partial charge is 0.317 e. The number of hydrogen-bond donors (Lipinski definition) is 1. The van der Waals surface area contributed by atoms with Crippen molar-refractivity contribution in [1.82, 2.24) is 15.1 Å². The molecule has 1 rings (SSSR count). The molecule has 1 aromatic heterocycles. The number of aromatic nitrogens is 2. The second-order valence-electron chi connectivity index (χ2n) is 3.98. The van der Waals surface area contributed by atoms with Crippen molar-refractivity contribution in [3.05, 3.63) is 28.6 Å². The predicted molar refractivity (Wildman–Crippen MR) is 73.7 cm³/mol. The highest BCUT2D eigenvalue weighted by Crippen LogP contribution is 2.20. The summed E-state index contributed by atoms with van der Waals surface area (Å²) in [5.41, 5.74) is 2.04. The van der Waals surface area contributed by atoms with Crippen molar-refractivity contribution in [2.24, 2.45) is 0 Å². The number of halogens is 1. The molecule has 17 heavy (non-hydrogen) atoms. The zero-order valence-corrected chi connectivity index (χ0v) is 11.7. The topological polar surface area (TPSA) is 29.9 Å². The molecule has 0 aliphatic heterocycles. The van der Waals surface area contributed by atoms with Crippen molar-refractivity contribution in [2.45, 2.75) is 40.2 Å². The second-order valence-corrected chi connectivity index (χ2v) is 4.36. The van der Waals surface area contributed by atoms with Gasteiger partial charge in [0.1, 0.15) is 0 Å². The Morgan fingerprint density at radius 3 is 2.76 bits per heavy atom. The molecule has 0 fully saturated rings. The van der Waals surface area contributed by atoms with Crippen LogP contribution in [-0.4, -0.2) is 22.9 Å². The minimum atomic E-state index is 0.809. The lowest BCUT2D eigenvalue weighted by molar-refractivity contribution is 0.626. The van der Waals surface area contributed by atoms with Gasteiger partial charge < -0.3 is 5.32 Å². The molecule has 3 nitrogen and oxygen atoms in total. The quantitative estimate of drug-likeness (QED) is 0.600. The predicted octanol–water partition coefficient (Wildman–Crippen LogP) is 2.96. The summed E-state index contributed by atoms with van der Waals surface area (Å²) in [6.07, 6.45) is 6.29. The fraction of sp³-hybridized carbons (Fsp3) is 0.615. The maximum atomic E-state index is 6.23. The highest BCUT2D eigenvalue weighted by molar-refractivity contribution is 6.31. The number of hydrogen-bond acceptors (Lipinski definition) is 2. The van der Waals surface area contributed by atoms with E-state index in [1.165, 1.54) is 0 Å². The Morgan fingerprint density at radius 2 is 2.12 bits per heavy atom. The maximum absolute atomic E-state index is 6.23. The average molecular weight is 256 g/mol. The lowest BCUT2D eigenvalue weighted by atomic mass is 10.2. The number of rotatable bonds is 7. The highest BCUT2D eigenvalue weighted by Gasteiger charge is 2.10. The van der Waals surface area contributed by atoms with Crippen LogP contribution in [0, 0.1) is 6.92 Å². The van der Waals surface area contributed by atoms with Crippen LogP contribution in [0.2, 0.25) is 5.02 Å². The third kappa shape index (κ3) is 4.17. The fourth-order valence-corrected chi connectivity index (χ4v) is 1.95. The van der Waals surface area contributed by atoms with E-state index in [4.69, 9.17) is 11.6 Å². The molecule has 96 valence electrons. The van der Waals surface area contributed by atoms with Gasteiger partial charge in [-0.2, -0.15) is 5.10 Å². The molecular weight excluding hydrogens is 234 g/mol. The number of aryl methyl sites for hydroxylation is 2. The lowest BCUT2D eigenvalue weighted by Crippen LogP contribution is -2.12. The molecule has 1 N–H and O–H groups in total. The standard InChI is InChI=1S/C13H22ClN3/c1-4-15-10-8-6-7-9-12-13(14)11(3)16-17(12)5-2/h6-7,15H,4-5,8-10H2,1-3H3. The van der Waals surface area contributed by atoms with Crippen molar-refractivity contribution in [2.75, 3.05) is 13.1 Å². The van der Waals surface area contributed by atoms with E-state index in [0.29, 0.717) is 0 Å². The summed E-state index contributed by atoms with van der Waals surface area (Å²) >= 11 is 6.23. The van der Waals surface area contributed by atoms with Crippen LogP contribution in [0.15, 0.2) is 12.2 Å². The Kier molecular flexibility index (Phi) is 6.30. The smallest absolute Gasteiger partial charge is 0.0850 e. The van der Waals surface area contributed by atoms with Crippen LogP contribution in [0.5, 0.6) is 0 Å². The van der Waals surface area contributed by atoms with E-state index in [1.54, 1.807) is 0 Å². The van der Waals surface area contributed by atoms with Crippen LogP contribution in [0.3, 0.4) is 0 Å². The normalized spacial score (nSPS) is 11.5. The van der Waals surface area contributed by atoms with E-state index in [2.05, 4.69) is 36.4 Å². The Morgan fingerprint density at radius 1 is 1.35 bits per heavy atom. The lowest BCUT2D eigenvalue weighted by Gasteiger charge is -2.02. The summed E-state index contributed by atoms with van der Waals surface area (Å²) in [6.45, 7) is 9.09. The van der Waals surface area contributed by atoms with Gasteiger partial charge in [0, 0.05) is 13.0 Å². The second kappa shape index (κ2) is 7.51. The first-order chi connectivity index (χ1) is 8.20. The molecule has 4 heteroatoms. The van der Waals surface area contributed by atoms with Crippen LogP contribution in [0.1, 0.15) is 31.7 Å². The third-order valence-electron chi connectivity index (χ3n) is 2.67. The first-order valence-electron chi connectivity index (χ1n) is 6.28. The molecule has 0 saturated heterocycles. The molecule has 0 aromatic carbocycles. The van der Waals surface area contributed by atoms with Gasteiger partial charge in [-0.05, 0) is 33.4 Å². The Bertz CT molecular complexity index is 369. The zero-order valence-electron chi connectivity index (χ0n) is 11.0. The molecule has 0 spiro atoms. The first-order valence-corrected chi connectivity index (χ1v) is 6.66. The minimum absolute atomic E-state index is 0.809. The molecular formula is C13H22ClN3. The monoisotopic (exact) mass is 255 g/mol. The fourth-order valence-electron chi connectivity index (χ4n) is 1.74. The Hall–Kier alpha value is -0.800. The van der Waals surface area contributed by atoms with Gasteiger partial charge in [0.15, 0.2) is 0 Å². The van der Waals surface area contributed by atoms with Crippen LogP contribution < -0.4 is 5.32 Å². The van der Waals surface area contributed by atoms with Gasteiger partial charge >= 0.3 is 0 Å². The number of allylic oxidation sites excluding steroid dienone is 1. The van der Waals surface area contributed by atoms with Crippen molar-refractivity contribution < 1.29 is 0 Å². The molecule has 0 radical (unpaired) electrons. The molecule has 0 unspecified atom stereocenters. The molecule has 0 aliphatic rings. The first kappa shape index (κ1) is 14.3. The van der Waals surface area contributed by atoms with Crippen LogP contribution >= 0.6 is 11.6 Å². The molecule has 0 atom stereocenters. The van der Waals surface area contributed by atoms with E-state index in [0.717, 1.165) is 48.9 Å². The van der Waals surface area contributed by atoms with Crippen LogP contribution in [-0.2, 0) is 13.0 Å². The summed E-state index contributed by atoms with van der Waals surface area (Å²) in [7, 11) is 0. The summed E-state index contributed by atoms with van der Waals surface area (Å²) < 4.78 is 1.98. The minimum Gasteiger partial charge on any atom is -0.317 e. The van der Waals surface area contributed by atoms with E-state index in [9.17, 15) is 0 Å². The molecule has 0 aliphatic carbocycles. The molecule has 1 heterocycles. The van der Waals surface area contributed by atoms with Gasteiger partial charge in [-0.1, -0.05) is 30.7 Å². The van der Waals surface area contributed by atoms with Gasteiger partial charge in [0.25, 0.3) is 0 Å². The van der Waals surface area contributed by atoms with E-state index in [1.807, 2.05) is 11.6 Å². The maximum Gasteiger partial charge on any atom is 0.0850 e. The van der Waals surface area contributed by atoms with Gasteiger partial charge in [-0.15, -0.1) is 0 Å². The number of nitrogens with zero attached hydrogens (tertiary/aromatic N) is 2. The van der Waals surface area contributed by atoms with Gasteiger partial charge in [0.05, 0.1) is 16.4 Å². The summed E-state index contributed by atoms with van der Waals surface area (Å²) in [6, 6.07) is 0. The Labute approximate surface area is 109 Å². The van der Waals surface area contributed by atoms with Crippen LogP contribution in [0.4, 0.5) is 0 Å². The highest BCUT2D eigenvalue weighted by atomic mass is 35.5. The van der Waals surface area contributed by atoms with E-state index in [-0.39, 0.29) is 0 Å². The molecule has 1 aromatic rings. The summed E-state index contributed by atoms with van der Waals surface area (Å²) in [4.78, 5) is 0. The Balaban J connectivity index is 2.50. The van der Waals surface area contributed by atoms with Crippen molar-refractivity contribution >= 4 is 11.6 Å². The van der Waals surface area contributed by atoms with E-state index >= 15 is 0 Å². The zero-order chi connectivity index (χ0) is 12.7. The van der Waals surface area contributed by atoms with Crippen molar-refractivity contribution in [1.29, 1.82) is 0 Å². The SMILES string of the molecule is CCNCCC=CCc1c(Cl)c(C)nn1CC. The molecule has 0 bridgehead atoms. The van der Waals surface area contributed by atoms with Gasteiger partial charge in [0.2, 0.25) is 0 Å². The van der Waals surface area contributed by atoms with Gasteiger partial charge in [-0.25, -0.2) is 0 Å². The van der Waals surface area contributed by atoms with Crippen molar-refractivity contribution in [3.8, 4) is 0 Å². The number of nitrogens with one attached hydrogen (secondary N) is 1. The van der Waals surface area contributed by atoms with Crippen molar-refractivity contribution in [3.63, 3.8) is 0 Å². The third-order valence-corrected chi connectivity index (χ3v) is 3.16. The average Bonchev–Trinajstić information content (AvgIpc) is 2.60. The summed E-state index contributed by atoms with van der Waals surface area (Å²) in [5, 5.41) is 8.49. The van der Waals surface area contributed by atoms with Gasteiger partial charge in [-0.3, -0.25) is 4.68 Å². The van der Waals surface area contributed by atoms with E-state index < -0.39 is 0 Å².